The van der Waals surface area contributed by atoms with E-state index in [0.717, 1.165) is 17.7 Å². The first-order valence-electron chi connectivity index (χ1n) is 10.9. The molecule has 2 amide bonds. The normalized spacial score (nSPS) is 14.4. The Bertz CT molecular complexity index is 1290. The molecule has 0 bridgehead atoms. The van der Waals surface area contributed by atoms with E-state index in [4.69, 9.17) is 4.42 Å². The van der Waals surface area contributed by atoms with Gasteiger partial charge >= 0.3 is 12.1 Å². The van der Waals surface area contributed by atoms with Gasteiger partial charge in [-0.1, -0.05) is 23.8 Å². The third-order valence-electron chi connectivity index (χ3n) is 5.65. The van der Waals surface area contributed by atoms with Gasteiger partial charge in [0.2, 0.25) is 0 Å². The molecule has 35 heavy (non-hydrogen) atoms. The summed E-state index contributed by atoms with van der Waals surface area (Å²) in [4.78, 5) is 25.0. The Morgan fingerprint density at radius 2 is 1.69 bits per heavy atom. The van der Waals surface area contributed by atoms with E-state index in [9.17, 15) is 22.8 Å². The fourth-order valence-electron chi connectivity index (χ4n) is 3.84. The largest absolute Gasteiger partial charge is 0.455 e. The lowest BCUT2D eigenvalue weighted by Crippen LogP contribution is -2.41. The minimum absolute atomic E-state index is 0.0351. The molecule has 3 aromatic rings. The van der Waals surface area contributed by atoms with Crippen LogP contribution < -0.4 is 16.3 Å². The number of hydrazine groups is 1. The Hall–Kier alpha value is -4.08. The molecule has 10 heteroatoms. The van der Waals surface area contributed by atoms with Crippen molar-refractivity contribution in [1.82, 2.24) is 10.9 Å². The van der Waals surface area contributed by atoms with Gasteiger partial charge in [-0.25, -0.2) is 0 Å². The van der Waals surface area contributed by atoms with Gasteiger partial charge in [-0.15, -0.1) is 0 Å². The fourth-order valence-corrected chi connectivity index (χ4v) is 3.84. The van der Waals surface area contributed by atoms with Crippen LogP contribution in [-0.2, 0) is 12.6 Å². The van der Waals surface area contributed by atoms with Crippen LogP contribution in [0.15, 0.2) is 58.0 Å². The van der Waals surface area contributed by atoms with Crippen LogP contribution in [0.3, 0.4) is 0 Å². The van der Waals surface area contributed by atoms with E-state index in [-0.39, 0.29) is 11.4 Å². The van der Waals surface area contributed by atoms with Crippen molar-refractivity contribution in [3.63, 3.8) is 0 Å². The molecule has 182 valence electrons. The van der Waals surface area contributed by atoms with Crippen molar-refractivity contribution in [2.75, 3.05) is 5.43 Å². The maximum absolute atomic E-state index is 13.0. The Morgan fingerprint density at radius 3 is 2.40 bits per heavy atom. The summed E-state index contributed by atoms with van der Waals surface area (Å²) in [5.41, 5.74) is 9.97. The van der Waals surface area contributed by atoms with E-state index in [1.165, 1.54) is 12.1 Å². The number of aryl methyl sites for hydroxylation is 2. The number of carbonyl (C=O) groups excluding carboxylic acids is 2. The zero-order chi connectivity index (χ0) is 25.2. The van der Waals surface area contributed by atoms with Crippen LogP contribution in [0, 0.1) is 13.8 Å². The standard InChI is InChI=1S/C25H23F3N4O3/c1-14-9-11-16(12-10-14)23(33)31-32-24(34)22-15(2)21-19(7-4-8-20(21)35-22)30-29-18-6-3-5-17(13-18)25(26,27)28/h3,5-6,9-13,29H,4,7-8H2,1-2H3,(H,31,33)(H,32,34)/b30-19+. The van der Waals surface area contributed by atoms with Crippen molar-refractivity contribution in [2.24, 2.45) is 5.10 Å². The molecular weight excluding hydrogens is 461 g/mol. The van der Waals surface area contributed by atoms with Crippen LogP contribution >= 0.6 is 0 Å². The Balaban J connectivity index is 1.49. The summed E-state index contributed by atoms with van der Waals surface area (Å²) in [6, 6.07) is 11.6. The molecule has 4 rings (SSSR count). The van der Waals surface area contributed by atoms with E-state index < -0.39 is 23.6 Å². The van der Waals surface area contributed by atoms with E-state index >= 15 is 0 Å². The number of furan rings is 1. The van der Waals surface area contributed by atoms with E-state index in [2.05, 4.69) is 21.4 Å². The van der Waals surface area contributed by atoms with Crippen molar-refractivity contribution in [1.29, 1.82) is 0 Å². The first-order valence-corrected chi connectivity index (χ1v) is 10.9. The van der Waals surface area contributed by atoms with Crippen molar-refractivity contribution in [3.8, 4) is 0 Å². The number of nitrogens with one attached hydrogen (secondary N) is 3. The number of hydrogen-bond acceptors (Lipinski definition) is 5. The van der Waals surface area contributed by atoms with Crippen molar-refractivity contribution < 1.29 is 27.2 Å². The van der Waals surface area contributed by atoms with Gasteiger partial charge in [-0.2, -0.15) is 18.3 Å². The first-order chi connectivity index (χ1) is 16.6. The highest BCUT2D eigenvalue weighted by molar-refractivity contribution is 6.07. The molecule has 0 saturated heterocycles. The molecule has 0 unspecified atom stereocenters. The number of fused-ring (bicyclic) bond motifs is 1. The van der Waals surface area contributed by atoms with Gasteiger partial charge in [0.15, 0.2) is 5.76 Å². The Labute approximate surface area is 199 Å². The topological polar surface area (TPSA) is 95.7 Å². The summed E-state index contributed by atoms with van der Waals surface area (Å²) in [6.45, 7) is 3.60. The predicted octanol–water partition coefficient (Wildman–Crippen LogP) is 5.14. The smallest absolute Gasteiger partial charge is 0.416 e. The molecule has 7 nitrogen and oxygen atoms in total. The predicted molar refractivity (Wildman–Crippen MR) is 124 cm³/mol. The molecule has 0 atom stereocenters. The number of amides is 2. The van der Waals surface area contributed by atoms with Crippen molar-refractivity contribution >= 4 is 23.2 Å². The van der Waals surface area contributed by atoms with Gasteiger partial charge in [0.1, 0.15) is 5.76 Å². The summed E-state index contributed by atoms with van der Waals surface area (Å²) in [7, 11) is 0. The quantitative estimate of drug-likeness (QED) is 0.447. The van der Waals surface area contributed by atoms with Gasteiger partial charge in [-0.3, -0.25) is 25.9 Å². The molecule has 0 saturated carbocycles. The average Bonchev–Trinajstić information content (AvgIpc) is 3.18. The molecule has 0 aliphatic heterocycles. The second kappa shape index (κ2) is 9.65. The zero-order valence-electron chi connectivity index (χ0n) is 19.0. The van der Waals surface area contributed by atoms with Crippen LogP contribution in [0.5, 0.6) is 0 Å². The number of hydrazone groups is 1. The highest BCUT2D eigenvalue weighted by Gasteiger charge is 2.31. The summed E-state index contributed by atoms with van der Waals surface area (Å²) in [5.74, 6) is -0.497. The number of nitrogens with zero attached hydrogens (tertiary/aromatic N) is 1. The minimum atomic E-state index is -4.46. The van der Waals surface area contributed by atoms with Gasteiger partial charge in [0, 0.05) is 23.1 Å². The van der Waals surface area contributed by atoms with E-state index in [1.54, 1.807) is 31.2 Å². The number of carbonyl (C=O) groups is 2. The number of alkyl halides is 3. The summed E-state index contributed by atoms with van der Waals surface area (Å²) < 4.78 is 44.7. The minimum Gasteiger partial charge on any atom is -0.455 e. The van der Waals surface area contributed by atoms with Crippen LogP contribution in [0.4, 0.5) is 18.9 Å². The summed E-state index contributed by atoms with van der Waals surface area (Å²) in [6.07, 6.45) is -2.61. The average molecular weight is 484 g/mol. The molecule has 0 spiro atoms. The lowest BCUT2D eigenvalue weighted by atomic mass is 9.93. The molecule has 1 aliphatic rings. The molecule has 1 aliphatic carbocycles. The molecule has 2 aromatic carbocycles. The van der Waals surface area contributed by atoms with E-state index in [0.29, 0.717) is 47.4 Å². The van der Waals surface area contributed by atoms with E-state index in [1.807, 2.05) is 6.92 Å². The third-order valence-corrected chi connectivity index (χ3v) is 5.65. The highest BCUT2D eigenvalue weighted by atomic mass is 19.4. The number of anilines is 1. The molecular formula is C25H23F3N4O3. The number of benzene rings is 2. The lowest BCUT2D eigenvalue weighted by Gasteiger charge is -2.14. The van der Waals surface area contributed by atoms with Crippen LogP contribution in [-0.4, -0.2) is 17.5 Å². The van der Waals surface area contributed by atoms with Gasteiger partial charge in [-0.05, 0) is 57.0 Å². The SMILES string of the molecule is Cc1ccc(C(=O)NNC(=O)c2oc3c(c2C)/C(=N/Nc2cccc(C(F)(F)F)c2)CCC3)cc1. The first kappa shape index (κ1) is 24.1. The van der Waals surface area contributed by atoms with Crippen molar-refractivity contribution in [2.45, 2.75) is 39.3 Å². The Morgan fingerprint density at radius 1 is 0.971 bits per heavy atom. The third kappa shape index (κ3) is 5.37. The molecule has 0 fully saturated rings. The summed E-state index contributed by atoms with van der Waals surface area (Å²) in [5, 5.41) is 4.31. The van der Waals surface area contributed by atoms with Gasteiger partial charge in [0.05, 0.1) is 17.0 Å². The molecule has 1 aromatic heterocycles. The monoisotopic (exact) mass is 484 g/mol. The molecule has 3 N–H and O–H groups in total. The maximum Gasteiger partial charge on any atom is 0.416 e. The second-order valence-electron chi connectivity index (χ2n) is 8.23. The Kier molecular flexibility index (Phi) is 6.63. The number of halogens is 3. The lowest BCUT2D eigenvalue weighted by molar-refractivity contribution is -0.137. The van der Waals surface area contributed by atoms with Gasteiger partial charge in [0.25, 0.3) is 5.91 Å². The summed E-state index contributed by atoms with van der Waals surface area (Å²) >= 11 is 0. The number of rotatable bonds is 4. The highest BCUT2D eigenvalue weighted by Crippen LogP contribution is 2.32. The zero-order valence-corrected chi connectivity index (χ0v) is 19.0. The van der Waals surface area contributed by atoms with Crippen LogP contribution in [0.1, 0.15) is 61.8 Å². The molecule has 0 radical (unpaired) electrons. The maximum atomic E-state index is 13.0. The van der Waals surface area contributed by atoms with Crippen LogP contribution in [0.25, 0.3) is 0 Å². The van der Waals surface area contributed by atoms with Gasteiger partial charge < -0.3 is 4.42 Å². The van der Waals surface area contributed by atoms with Crippen LogP contribution in [0.2, 0.25) is 0 Å². The fraction of sp³-hybridized carbons (Fsp3) is 0.240. The number of hydrogen-bond donors (Lipinski definition) is 3. The molecule has 1 heterocycles. The second-order valence-corrected chi connectivity index (χ2v) is 8.23. The van der Waals surface area contributed by atoms with Crippen molar-refractivity contribution in [3.05, 3.63) is 87.9 Å².